The molecule has 1 atom stereocenters. The van der Waals surface area contributed by atoms with E-state index < -0.39 is 11.8 Å². The molecule has 3 N–H and O–H groups in total. The Labute approximate surface area is 118 Å². The SMILES string of the molecule is CCOC(=O)c1cc(NC(C)C2CCC2)c(F)cc1N. The first-order chi connectivity index (χ1) is 9.52. The molecule has 2 rings (SSSR count). The summed E-state index contributed by atoms with van der Waals surface area (Å²) in [5.41, 5.74) is 6.29. The molecule has 20 heavy (non-hydrogen) atoms. The zero-order valence-corrected chi connectivity index (χ0v) is 11.9. The van der Waals surface area contributed by atoms with Gasteiger partial charge in [0.05, 0.1) is 17.9 Å². The van der Waals surface area contributed by atoms with Crippen LogP contribution in [0.15, 0.2) is 12.1 Å². The van der Waals surface area contributed by atoms with Crippen LogP contribution in [0.25, 0.3) is 0 Å². The zero-order valence-electron chi connectivity index (χ0n) is 11.9. The van der Waals surface area contributed by atoms with Gasteiger partial charge in [0.15, 0.2) is 0 Å². The van der Waals surface area contributed by atoms with Gasteiger partial charge in [-0.15, -0.1) is 0 Å². The minimum absolute atomic E-state index is 0.0998. The molecular formula is C15H21FN2O2. The van der Waals surface area contributed by atoms with E-state index in [-0.39, 0.29) is 23.9 Å². The minimum Gasteiger partial charge on any atom is -0.462 e. The van der Waals surface area contributed by atoms with Crippen molar-refractivity contribution in [2.24, 2.45) is 5.92 Å². The van der Waals surface area contributed by atoms with Crippen molar-refractivity contribution in [1.82, 2.24) is 0 Å². The van der Waals surface area contributed by atoms with Crippen molar-refractivity contribution in [2.45, 2.75) is 39.2 Å². The van der Waals surface area contributed by atoms with Crippen molar-refractivity contribution in [2.75, 3.05) is 17.7 Å². The summed E-state index contributed by atoms with van der Waals surface area (Å²) in [6.07, 6.45) is 3.56. The number of carbonyl (C=O) groups is 1. The lowest BCUT2D eigenvalue weighted by molar-refractivity contribution is 0.0527. The van der Waals surface area contributed by atoms with Crippen molar-refractivity contribution in [1.29, 1.82) is 0 Å². The highest BCUT2D eigenvalue weighted by atomic mass is 19.1. The lowest BCUT2D eigenvalue weighted by Crippen LogP contribution is -2.31. The van der Waals surface area contributed by atoms with Crippen molar-refractivity contribution in [3.05, 3.63) is 23.5 Å². The number of ether oxygens (including phenoxy) is 1. The number of nitrogens with two attached hydrogens (primary N) is 1. The molecule has 1 aromatic carbocycles. The summed E-state index contributed by atoms with van der Waals surface area (Å²) in [4.78, 5) is 11.8. The van der Waals surface area contributed by atoms with E-state index in [1.165, 1.54) is 18.6 Å². The van der Waals surface area contributed by atoms with E-state index >= 15 is 0 Å². The van der Waals surface area contributed by atoms with Gasteiger partial charge in [-0.2, -0.15) is 0 Å². The summed E-state index contributed by atoms with van der Waals surface area (Å²) in [5, 5.41) is 3.14. The highest BCUT2D eigenvalue weighted by molar-refractivity contribution is 5.96. The number of benzene rings is 1. The van der Waals surface area contributed by atoms with Crippen LogP contribution in [0.3, 0.4) is 0 Å². The van der Waals surface area contributed by atoms with Gasteiger partial charge < -0.3 is 15.8 Å². The molecule has 5 heteroatoms. The average molecular weight is 280 g/mol. The predicted molar refractivity (Wildman–Crippen MR) is 77.2 cm³/mol. The van der Waals surface area contributed by atoms with E-state index in [9.17, 15) is 9.18 Å². The Morgan fingerprint density at radius 3 is 2.80 bits per heavy atom. The Morgan fingerprint density at radius 2 is 2.25 bits per heavy atom. The molecule has 0 amide bonds. The summed E-state index contributed by atoms with van der Waals surface area (Å²) in [5.74, 6) is -0.399. The van der Waals surface area contributed by atoms with E-state index in [0.29, 0.717) is 11.6 Å². The van der Waals surface area contributed by atoms with Gasteiger partial charge in [-0.1, -0.05) is 6.42 Å². The van der Waals surface area contributed by atoms with Gasteiger partial charge >= 0.3 is 5.97 Å². The zero-order chi connectivity index (χ0) is 14.7. The monoisotopic (exact) mass is 280 g/mol. The standard InChI is InChI=1S/C15H21FN2O2/c1-3-20-15(19)11-7-14(12(16)8-13(11)17)18-9(2)10-5-4-6-10/h7-10,18H,3-6,17H2,1-2H3. The average Bonchev–Trinajstić information content (AvgIpc) is 2.30. The molecule has 1 fully saturated rings. The topological polar surface area (TPSA) is 64.3 Å². The van der Waals surface area contributed by atoms with Gasteiger partial charge in [0.2, 0.25) is 0 Å². The van der Waals surface area contributed by atoms with Crippen LogP contribution in [0.5, 0.6) is 0 Å². The number of rotatable bonds is 5. The molecule has 0 bridgehead atoms. The Balaban J connectivity index is 2.19. The number of nitrogens with one attached hydrogen (secondary N) is 1. The molecule has 1 saturated carbocycles. The Kier molecular flexibility index (Phi) is 4.47. The first-order valence-corrected chi connectivity index (χ1v) is 7.05. The summed E-state index contributed by atoms with van der Waals surface area (Å²) in [6, 6.07) is 2.79. The van der Waals surface area contributed by atoms with Crippen LogP contribution < -0.4 is 11.1 Å². The van der Waals surface area contributed by atoms with Crippen LogP contribution in [-0.4, -0.2) is 18.6 Å². The summed E-state index contributed by atoms with van der Waals surface area (Å²) < 4.78 is 18.9. The number of anilines is 2. The molecule has 1 unspecified atom stereocenters. The molecule has 1 aromatic rings. The van der Waals surface area contributed by atoms with Crippen molar-refractivity contribution < 1.29 is 13.9 Å². The maximum absolute atomic E-state index is 13.9. The quantitative estimate of drug-likeness (QED) is 0.642. The van der Waals surface area contributed by atoms with Gasteiger partial charge in [0, 0.05) is 11.7 Å². The van der Waals surface area contributed by atoms with Crippen molar-refractivity contribution in [3.63, 3.8) is 0 Å². The second-order valence-corrected chi connectivity index (χ2v) is 5.26. The first kappa shape index (κ1) is 14.6. The maximum Gasteiger partial charge on any atom is 0.340 e. The molecule has 1 aliphatic rings. The lowest BCUT2D eigenvalue weighted by atomic mass is 9.80. The van der Waals surface area contributed by atoms with Crippen molar-refractivity contribution >= 4 is 17.3 Å². The maximum atomic E-state index is 13.9. The summed E-state index contributed by atoms with van der Waals surface area (Å²) in [7, 11) is 0. The Bertz CT molecular complexity index is 501. The second-order valence-electron chi connectivity index (χ2n) is 5.26. The number of carbonyl (C=O) groups excluding carboxylic acids is 1. The molecule has 0 spiro atoms. The van der Waals surface area contributed by atoms with E-state index in [1.807, 2.05) is 6.92 Å². The van der Waals surface area contributed by atoms with Gasteiger partial charge in [0.1, 0.15) is 5.82 Å². The fourth-order valence-corrected chi connectivity index (χ4v) is 2.39. The van der Waals surface area contributed by atoms with E-state index in [4.69, 9.17) is 10.5 Å². The highest BCUT2D eigenvalue weighted by Gasteiger charge is 2.25. The number of esters is 1. The van der Waals surface area contributed by atoms with E-state index in [1.54, 1.807) is 6.92 Å². The molecule has 1 aliphatic carbocycles. The number of hydrogen-bond acceptors (Lipinski definition) is 4. The van der Waals surface area contributed by atoms with Crippen LogP contribution in [0.2, 0.25) is 0 Å². The third kappa shape index (κ3) is 3.03. The van der Waals surface area contributed by atoms with E-state index in [0.717, 1.165) is 12.8 Å². The van der Waals surface area contributed by atoms with Gasteiger partial charge in [0.25, 0.3) is 0 Å². The Hall–Kier alpha value is -1.78. The van der Waals surface area contributed by atoms with Gasteiger partial charge in [-0.25, -0.2) is 9.18 Å². The molecule has 4 nitrogen and oxygen atoms in total. The Morgan fingerprint density at radius 1 is 1.55 bits per heavy atom. The van der Waals surface area contributed by atoms with Crippen LogP contribution in [0, 0.1) is 11.7 Å². The van der Waals surface area contributed by atoms with Crippen molar-refractivity contribution in [3.8, 4) is 0 Å². The predicted octanol–water partition coefficient (Wildman–Crippen LogP) is 3.19. The third-order valence-corrected chi connectivity index (χ3v) is 3.87. The highest BCUT2D eigenvalue weighted by Crippen LogP contribution is 2.32. The summed E-state index contributed by atoms with van der Waals surface area (Å²) >= 11 is 0. The molecule has 110 valence electrons. The van der Waals surface area contributed by atoms with Crippen LogP contribution in [0.1, 0.15) is 43.5 Å². The van der Waals surface area contributed by atoms with Gasteiger partial charge in [-0.05, 0) is 44.7 Å². The molecular weight excluding hydrogens is 259 g/mol. The fraction of sp³-hybridized carbons (Fsp3) is 0.533. The largest absolute Gasteiger partial charge is 0.462 e. The second kappa shape index (κ2) is 6.11. The minimum atomic E-state index is -0.524. The molecule has 0 heterocycles. The molecule has 0 radical (unpaired) electrons. The van der Waals surface area contributed by atoms with Crippen LogP contribution in [0.4, 0.5) is 15.8 Å². The summed E-state index contributed by atoms with van der Waals surface area (Å²) in [6.45, 7) is 4.01. The van der Waals surface area contributed by atoms with Gasteiger partial charge in [-0.3, -0.25) is 0 Å². The van der Waals surface area contributed by atoms with Crippen LogP contribution in [-0.2, 0) is 4.74 Å². The number of nitrogen functional groups attached to an aromatic ring is 1. The fourth-order valence-electron chi connectivity index (χ4n) is 2.39. The molecule has 0 saturated heterocycles. The third-order valence-electron chi connectivity index (χ3n) is 3.87. The molecule has 0 aromatic heterocycles. The molecule has 0 aliphatic heterocycles. The first-order valence-electron chi connectivity index (χ1n) is 7.05. The number of hydrogen-bond donors (Lipinski definition) is 2. The smallest absolute Gasteiger partial charge is 0.340 e. The normalized spacial score (nSPS) is 16.4. The van der Waals surface area contributed by atoms with Crippen LogP contribution >= 0.6 is 0 Å². The van der Waals surface area contributed by atoms with E-state index in [2.05, 4.69) is 5.32 Å². The lowest BCUT2D eigenvalue weighted by Gasteiger charge is -2.32. The number of halogens is 1.